The van der Waals surface area contributed by atoms with Crippen LogP contribution < -0.4 is 5.32 Å². The summed E-state index contributed by atoms with van der Waals surface area (Å²) in [7, 11) is 1.28. The second-order valence-corrected chi connectivity index (χ2v) is 7.97. The monoisotopic (exact) mass is 342 g/mol. The first-order valence-electron chi connectivity index (χ1n) is 7.49. The van der Waals surface area contributed by atoms with Gasteiger partial charge in [-0.25, -0.2) is 0 Å². The Morgan fingerprint density at radius 1 is 1.04 bits per heavy atom. The normalized spacial score (nSPS) is 13.8. The molecule has 0 fully saturated rings. The Morgan fingerprint density at radius 3 is 2.08 bits per heavy atom. The zero-order valence-corrected chi connectivity index (χ0v) is 14.9. The van der Waals surface area contributed by atoms with E-state index in [-0.39, 0.29) is 5.25 Å². The van der Waals surface area contributed by atoms with Crippen LogP contribution in [0.25, 0.3) is 0 Å². The standard InChI is InChI=1S/C19H22N2O2S/c1-22-24(3,23-2)19(16-10-6-4-7-11-16)17(14-20)15-21-18-12-8-5-9-13-18/h4-13,15,19,21H,1-3H3/b17-15+. The number of nitrogens with zero attached hydrogens (tertiary/aromatic N) is 1. The lowest BCUT2D eigenvalue weighted by Crippen LogP contribution is -2.16. The Hall–Kier alpha value is -2.26. The number of rotatable bonds is 7. The minimum absolute atomic E-state index is 0.282. The van der Waals surface area contributed by atoms with Crippen LogP contribution in [0.4, 0.5) is 5.69 Å². The van der Waals surface area contributed by atoms with E-state index >= 15 is 0 Å². The van der Waals surface area contributed by atoms with E-state index in [9.17, 15) is 5.26 Å². The van der Waals surface area contributed by atoms with Crippen molar-refractivity contribution in [1.82, 2.24) is 0 Å². The number of anilines is 1. The molecule has 1 unspecified atom stereocenters. The van der Waals surface area contributed by atoms with Crippen molar-refractivity contribution in [2.75, 3.05) is 25.8 Å². The van der Waals surface area contributed by atoms with E-state index in [4.69, 9.17) is 8.37 Å². The van der Waals surface area contributed by atoms with Crippen LogP contribution in [0.5, 0.6) is 0 Å². The highest BCUT2D eigenvalue weighted by atomic mass is 32.3. The van der Waals surface area contributed by atoms with Crippen molar-refractivity contribution in [2.24, 2.45) is 0 Å². The van der Waals surface area contributed by atoms with Gasteiger partial charge in [0.05, 0.1) is 25.9 Å². The van der Waals surface area contributed by atoms with Crippen LogP contribution in [0.1, 0.15) is 10.8 Å². The predicted octanol–water partition coefficient (Wildman–Crippen LogP) is 4.80. The largest absolute Gasteiger partial charge is 0.361 e. The smallest absolute Gasteiger partial charge is 0.110 e. The fourth-order valence-electron chi connectivity index (χ4n) is 2.41. The molecule has 2 aromatic rings. The van der Waals surface area contributed by atoms with Gasteiger partial charge in [0.15, 0.2) is 0 Å². The van der Waals surface area contributed by atoms with Gasteiger partial charge < -0.3 is 5.32 Å². The van der Waals surface area contributed by atoms with Crippen LogP contribution in [0, 0.1) is 11.3 Å². The summed E-state index contributed by atoms with van der Waals surface area (Å²) in [5.74, 6) is 0. The van der Waals surface area contributed by atoms with Crippen molar-refractivity contribution in [1.29, 1.82) is 5.26 Å². The summed E-state index contributed by atoms with van der Waals surface area (Å²) in [6, 6.07) is 21.9. The van der Waals surface area contributed by atoms with Crippen LogP contribution >= 0.6 is 10.6 Å². The molecule has 0 aliphatic heterocycles. The molecule has 0 aliphatic rings. The Labute approximate surface area is 145 Å². The first-order chi connectivity index (χ1) is 11.6. The maximum absolute atomic E-state index is 9.73. The lowest BCUT2D eigenvalue weighted by molar-refractivity contribution is 0.346. The first kappa shape index (κ1) is 18.1. The first-order valence-corrected chi connectivity index (χ1v) is 9.45. The molecule has 5 heteroatoms. The minimum atomic E-state index is -1.96. The summed E-state index contributed by atoms with van der Waals surface area (Å²) >= 11 is 0. The van der Waals surface area contributed by atoms with Crippen LogP contribution in [0.2, 0.25) is 0 Å². The fourth-order valence-corrected chi connectivity index (χ4v) is 4.16. The Balaban J connectivity index is 2.42. The van der Waals surface area contributed by atoms with E-state index in [0.29, 0.717) is 5.57 Å². The van der Waals surface area contributed by atoms with Crippen LogP contribution in [0.3, 0.4) is 0 Å². The molecule has 0 spiro atoms. The summed E-state index contributed by atoms with van der Waals surface area (Å²) in [6.45, 7) is 0. The molecular formula is C19H22N2O2S. The molecule has 0 aliphatic carbocycles. The topological polar surface area (TPSA) is 54.3 Å². The van der Waals surface area contributed by atoms with Crippen molar-refractivity contribution >= 4 is 16.3 Å². The van der Waals surface area contributed by atoms with E-state index in [1.54, 1.807) is 20.4 Å². The molecule has 4 nitrogen and oxygen atoms in total. The Morgan fingerprint density at radius 2 is 1.58 bits per heavy atom. The highest BCUT2D eigenvalue weighted by Crippen LogP contribution is 2.61. The third kappa shape index (κ3) is 4.18. The van der Waals surface area contributed by atoms with Gasteiger partial charge in [-0.15, -0.1) is 0 Å². The molecule has 0 heterocycles. The molecular weight excluding hydrogens is 320 g/mol. The van der Waals surface area contributed by atoms with Gasteiger partial charge in [-0.3, -0.25) is 8.37 Å². The molecule has 2 aromatic carbocycles. The minimum Gasteiger partial charge on any atom is -0.361 e. The van der Waals surface area contributed by atoms with E-state index < -0.39 is 10.6 Å². The molecule has 0 aromatic heterocycles. The highest BCUT2D eigenvalue weighted by Gasteiger charge is 2.31. The average molecular weight is 342 g/mol. The molecule has 126 valence electrons. The van der Waals surface area contributed by atoms with Gasteiger partial charge in [0.1, 0.15) is 5.25 Å². The van der Waals surface area contributed by atoms with Gasteiger partial charge in [0.25, 0.3) is 0 Å². The number of hydrogen-bond acceptors (Lipinski definition) is 4. The predicted molar refractivity (Wildman–Crippen MR) is 100 cm³/mol. The second kappa shape index (κ2) is 8.55. The summed E-state index contributed by atoms with van der Waals surface area (Å²) in [4.78, 5) is 0. The maximum Gasteiger partial charge on any atom is 0.110 e. The van der Waals surface area contributed by atoms with E-state index in [0.717, 1.165) is 11.3 Å². The summed E-state index contributed by atoms with van der Waals surface area (Å²) < 4.78 is 11.4. The fraction of sp³-hybridized carbons (Fsp3) is 0.211. The Bertz CT molecular complexity index is 707. The Kier molecular flexibility index (Phi) is 6.44. The van der Waals surface area contributed by atoms with Gasteiger partial charge in [-0.2, -0.15) is 15.9 Å². The molecule has 1 N–H and O–H groups in total. The van der Waals surface area contributed by atoms with Gasteiger partial charge in [0.2, 0.25) is 0 Å². The van der Waals surface area contributed by atoms with Crippen molar-refractivity contribution < 1.29 is 8.37 Å². The zero-order valence-electron chi connectivity index (χ0n) is 14.1. The molecule has 1 atom stereocenters. The third-order valence-corrected chi connectivity index (χ3v) is 6.48. The van der Waals surface area contributed by atoms with Gasteiger partial charge >= 0.3 is 0 Å². The number of hydrogen-bond donors (Lipinski definition) is 1. The number of benzene rings is 2. The SMILES string of the molecule is COS(C)(OC)C(/C(C#N)=C/Nc1ccccc1)c1ccccc1. The van der Waals surface area contributed by atoms with Crippen LogP contribution in [-0.2, 0) is 8.37 Å². The van der Waals surface area contributed by atoms with Crippen LogP contribution in [-0.4, -0.2) is 20.5 Å². The van der Waals surface area contributed by atoms with Crippen LogP contribution in [0.15, 0.2) is 72.4 Å². The molecule has 0 saturated heterocycles. The number of para-hydroxylation sites is 1. The molecule has 0 radical (unpaired) electrons. The molecule has 0 amide bonds. The van der Waals surface area contributed by atoms with Gasteiger partial charge in [0, 0.05) is 18.1 Å². The van der Waals surface area contributed by atoms with Crippen molar-refractivity contribution in [2.45, 2.75) is 5.25 Å². The zero-order chi connectivity index (χ0) is 17.4. The molecule has 0 bridgehead atoms. The number of nitriles is 1. The molecule has 0 saturated carbocycles. The van der Waals surface area contributed by atoms with Crippen molar-refractivity contribution in [3.05, 3.63) is 78.0 Å². The van der Waals surface area contributed by atoms with Crippen molar-refractivity contribution in [3.63, 3.8) is 0 Å². The lowest BCUT2D eigenvalue weighted by atomic mass is 10.1. The summed E-state index contributed by atoms with van der Waals surface area (Å²) in [5, 5.41) is 12.6. The quantitative estimate of drug-likeness (QED) is 0.734. The highest BCUT2D eigenvalue weighted by molar-refractivity contribution is 8.25. The van der Waals surface area contributed by atoms with E-state index in [1.165, 1.54) is 0 Å². The lowest BCUT2D eigenvalue weighted by Gasteiger charge is -2.43. The van der Waals surface area contributed by atoms with E-state index in [1.807, 2.05) is 66.9 Å². The number of nitrogens with one attached hydrogen (secondary N) is 1. The van der Waals surface area contributed by atoms with Gasteiger partial charge in [-0.05, 0) is 17.7 Å². The summed E-state index contributed by atoms with van der Waals surface area (Å²) in [6.07, 6.45) is 3.65. The maximum atomic E-state index is 9.73. The van der Waals surface area contributed by atoms with Gasteiger partial charge in [-0.1, -0.05) is 48.5 Å². The third-order valence-electron chi connectivity index (χ3n) is 3.77. The molecule has 24 heavy (non-hydrogen) atoms. The average Bonchev–Trinajstić information content (AvgIpc) is 2.66. The summed E-state index contributed by atoms with van der Waals surface area (Å²) in [5.41, 5.74) is 2.47. The molecule has 2 rings (SSSR count). The van der Waals surface area contributed by atoms with E-state index in [2.05, 4.69) is 11.4 Å². The second-order valence-electron chi connectivity index (χ2n) is 5.18. The van der Waals surface area contributed by atoms with Crippen molar-refractivity contribution in [3.8, 4) is 6.07 Å².